The topological polar surface area (TPSA) is 104 Å². The normalized spacial score (nSPS) is 11.4. The lowest BCUT2D eigenvalue weighted by Gasteiger charge is -2.16. The number of H-pyrrole nitrogens is 1. The summed E-state index contributed by atoms with van der Waals surface area (Å²) in [4.78, 5) is 16.7. The van der Waals surface area contributed by atoms with E-state index in [1.807, 2.05) is 36.4 Å². The maximum absolute atomic E-state index is 12.4. The van der Waals surface area contributed by atoms with Gasteiger partial charge >= 0.3 is 0 Å². The summed E-state index contributed by atoms with van der Waals surface area (Å²) in [5.74, 6) is 1.16. The molecule has 1 aromatic heterocycles. The van der Waals surface area contributed by atoms with E-state index >= 15 is 0 Å². The van der Waals surface area contributed by atoms with Crippen LogP contribution in [0.25, 0.3) is 0 Å². The molecular weight excluding hydrogens is 330 g/mol. The highest BCUT2D eigenvalue weighted by Gasteiger charge is 2.21. The van der Waals surface area contributed by atoms with Gasteiger partial charge in [-0.05, 0) is 24.6 Å². The molecule has 3 rings (SSSR count). The van der Waals surface area contributed by atoms with Crippen LogP contribution in [0.15, 0.2) is 54.6 Å². The van der Waals surface area contributed by atoms with E-state index < -0.39 is 6.04 Å². The lowest BCUT2D eigenvalue weighted by molar-refractivity contribution is -0.123. The molecule has 0 aliphatic carbocycles. The molecule has 0 fully saturated rings. The molecule has 2 N–H and O–H groups in total. The number of nitrogens with zero attached hydrogens (tertiary/aromatic N) is 3. The average Bonchev–Trinajstić information content (AvgIpc) is 3.11. The van der Waals surface area contributed by atoms with Crippen molar-refractivity contribution in [3.05, 3.63) is 77.4 Å². The first-order chi connectivity index (χ1) is 12.7. The molecule has 1 heterocycles. The van der Waals surface area contributed by atoms with Gasteiger partial charge in [-0.3, -0.25) is 9.89 Å². The van der Waals surface area contributed by atoms with Crippen molar-refractivity contribution in [1.29, 1.82) is 5.26 Å². The number of aromatic nitrogens is 3. The molecule has 0 aliphatic heterocycles. The van der Waals surface area contributed by atoms with Gasteiger partial charge in [-0.15, -0.1) is 0 Å². The lowest BCUT2D eigenvalue weighted by Crippen LogP contribution is -2.34. The summed E-state index contributed by atoms with van der Waals surface area (Å²) < 4.78 is 5.48. The molecule has 0 saturated heterocycles. The van der Waals surface area contributed by atoms with E-state index in [-0.39, 0.29) is 12.5 Å². The largest absolute Gasteiger partial charge is 0.482 e. The van der Waals surface area contributed by atoms with E-state index in [0.717, 1.165) is 5.56 Å². The third-order valence-electron chi connectivity index (χ3n) is 3.68. The van der Waals surface area contributed by atoms with E-state index in [4.69, 9.17) is 10.00 Å². The van der Waals surface area contributed by atoms with Crippen molar-refractivity contribution in [3.63, 3.8) is 0 Å². The molecule has 1 atom stereocenters. The Morgan fingerprint density at radius 2 is 1.96 bits per heavy atom. The summed E-state index contributed by atoms with van der Waals surface area (Å²) in [6.07, 6.45) is 0. The van der Waals surface area contributed by atoms with Crippen molar-refractivity contribution >= 4 is 5.91 Å². The van der Waals surface area contributed by atoms with E-state index in [2.05, 4.69) is 20.5 Å². The molecule has 0 saturated carbocycles. The number of hydrogen-bond donors (Lipinski definition) is 2. The van der Waals surface area contributed by atoms with Gasteiger partial charge in [-0.2, -0.15) is 10.4 Å². The van der Waals surface area contributed by atoms with Crippen LogP contribution >= 0.6 is 0 Å². The number of nitriles is 1. The van der Waals surface area contributed by atoms with Gasteiger partial charge in [0.05, 0.1) is 5.56 Å². The molecule has 1 amide bonds. The Hall–Kier alpha value is -3.66. The van der Waals surface area contributed by atoms with E-state index in [9.17, 15) is 4.79 Å². The average molecular weight is 347 g/mol. The number of hydrogen-bond acceptors (Lipinski definition) is 5. The fraction of sp³-hybridized carbons (Fsp3) is 0.158. The Bertz CT molecular complexity index is 930. The smallest absolute Gasteiger partial charge is 0.258 e. The number of carbonyl (C=O) groups excluding carboxylic acids is 1. The zero-order chi connectivity index (χ0) is 18.4. The van der Waals surface area contributed by atoms with Crippen molar-refractivity contribution in [2.45, 2.75) is 13.0 Å². The van der Waals surface area contributed by atoms with Crippen LogP contribution < -0.4 is 10.1 Å². The molecule has 0 unspecified atom stereocenters. The maximum atomic E-state index is 12.4. The van der Waals surface area contributed by atoms with Crippen LogP contribution in [0.1, 0.15) is 28.8 Å². The SMILES string of the molecule is Cc1nc([C@H](NC(=O)COc2ccccc2C#N)c2ccccc2)n[nH]1. The predicted octanol–water partition coefficient (Wildman–Crippen LogP) is 2.27. The Balaban J connectivity index is 1.73. The van der Waals surface area contributed by atoms with Gasteiger partial charge in [0.25, 0.3) is 5.91 Å². The van der Waals surface area contributed by atoms with Crippen molar-refractivity contribution < 1.29 is 9.53 Å². The molecule has 7 heteroatoms. The highest BCUT2D eigenvalue weighted by molar-refractivity contribution is 5.78. The first-order valence-corrected chi connectivity index (χ1v) is 8.02. The van der Waals surface area contributed by atoms with Crippen molar-refractivity contribution in [2.24, 2.45) is 0 Å². The van der Waals surface area contributed by atoms with Crippen LogP contribution in [0.5, 0.6) is 5.75 Å². The maximum Gasteiger partial charge on any atom is 0.258 e. The molecule has 0 spiro atoms. The number of carbonyl (C=O) groups is 1. The van der Waals surface area contributed by atoms with Crippen molar-refractivity contribution in [1.82, 2.24) is 20.5 Å². The summed E-state index contributed by atoms with van der Waals surface area (Å²) in [6, 6.07) is 17.8. The van der Waals surface area contributed by atoms with Crippen LogP contribution in [0, 0.1) is 18.3 Å². The number of para-hydroxylation sites is 1. The van der Waals surface area contributed by atoms with Crippen LogP contribution in [-0.4, -0.2) is 27.7 Å². The monoisotopic (exact) mass is 347 g/mol. The summed E-state index contributed by atoms with van der Waals surface area (Å²) in [5, 5.41) is 18.9. The zero-order valence-electron chi connectivity index (χ0n) is 14.1. The number of benzene rings is 2. The number of rotatable bonds is 6. The van der Waals surface area contributed by atoms with Crippen LogP contribution in [0.3, 0.4) is 0 Å². The van der Waals surface area contributed by atoms with Gasteiger partial charge in [-0.25, -0.2) is 4.98 Å². The second-order valence-electron chi connectivity index (χ2n) is 5.59. The molecule has 0 aliphatic rings. The van der Waals surface area contributed by atoms with Crippen molar-refractivity contribution in [2.75, 3.05) is 6.61 Å². The third kappa shape index (κ3) is 4.05. The molecule has 26 heavy (non-hydrogen) atoms. The van der Waals surface area contributed by atoms with Crippen LogP contribution in [0.2, 0.25) is 0 Å². The van der Waals surface area contributed by atoms with Gasteiger partial charge in [0, 0.05) is 0 Å². The van der Waals surface area contributed by atoms with Crippen molar-refractivity contribution in [3.8, 4) is 11.8 Å². The minimum absolute atomic E-state index is 0.217. The minimum Gasteiger partial charge on any atom is -0.482 e. The Morgan fingerprint density at radius 1 is 1.23 bits per heavy atom. The highest BCUT2D eigenvalue weighted by atomic mass is 16.5. The van der Waals surface area contributed by atoms with E-state index in [1.165, 1.54) is 0 Å². The third-order valence-corrected chi connectivity index (χ3v) is 3.68. The van der Waals surface area contributed by atoms with Gasteiger partial charge in [0.1, 0.15) is 23.7 Å². The zero-order valence-corrected chi connectivity index (χ0v) is 14.1. The molecule has 2 aromatic carbocycles. The molecular formula is C19H17N5O2. The Kier molecular flexibility index (Phi) is 5.25. The first kappa shape index (κ1) is 17.2. The molecule has 0 radical (unpaired) electrons. The van der Waals surface area contributed by atoms with Crippen LogP contribution in [0.4, 0.5) is 0 Å². The summed E-state index contributed by atoms with van der Waals surface area (Å²) >= 11 is 0. The molecule has 130 valence electrons. The van der Waals surface area contributed by atoms with Crippen LogP contribution in [-0.2, 0) is 4.79 Å². The quantitative estimate of drug-likeness (QED) is 0.712. The molecule has 3 aromatic rings. The predicted molar refractivity (Wildman–Crippen MR) is 94.2 cm³/mol. The van der Waals surface area contributed by atoms with E-state index in [1.54, 1.807) is 31.2 Å². The molecule has 7 nitrogen and oxygen atoms in total. The summed E-state index contributed by atoms with van der Waals surface area (Å²) in [5.41, 5.74) is 1.24. The standard InChI is InChI=1S/C19H17N5O2/c1-13-21-19(24-23-13)18(14-7-3-2-4-8-14)22-17(25)12-26-16-10-6-5-9-15(16)11-20/h2-10,18H,12H2,1H3,(H,22,25)(H,21,23,24)/t18-/m1/s1. The van der Waals surface area contributed by atoms with Gasteiger partial charge in [0.15, 0.2) is 12.4 Å². The number of aryl methyl sites for hydroxylation is 1. The Labute approximate surface area is 150 Å². The molecule has 0 bridgehead atoms. The second kappa shape index (κ2) is 7.94. The van der Waals surface area contributed by atoms with E-state index in [0.29, 0.717) is 23.0 Å². The first-order valence-electron chi connectivity index (χ1n) is 8.02. The number of aromatic amines is 1. The van der Waals surface area contributed by atoms with Gasteiger partial charge in [0.2, 0.25) is 0 Å². The number of ether oxygens (including phenoxy) is 1. The fourth-order valence-electron chi connectivity index (χ4n) is 2.46. The van der Waals surface area contributed by atoms with Gasteiger partial charge in [-0.1, -0.05) is 42.5 Å². The van der Waals surface area contributed by atoms with Gasteiger partial charge < -0.3 is 10.1 Å². The Morgan fingerprint density at radius 3 is 2.65 bits per heavy atom. The number of nitrogens with one attached hydrogen (secondary N) is 2. The fourth-order valence-corrected chi connectivity index (χ4v) is 2.46. The number of amides is 1. The summed E-state index contributed by atoms with van der Waals surface area (Å²) in [7, 11) is 0. The minimum atomic E-state index is -0.497. The lowest BCUT2D eigenvalue weighted by atomic mass is 10.1. The second-order valence-corrected chi connectivity index (χ2v) is 5.59. The summed E-state index contributed by atoms with van der Waals surface area (Å²) in [6.45, 7) is 1.58. The highest BCUT2D eigenvalue weighted by Crippen LogP contribution is 2.19.